The van der Waals surface area contributed by atoms with Crippen molar-refractivity contribution >= 4 is 22.6 Å². The van der Waals surface area contributed by atoms with Crippen molar-refractivity contribution in [3.05, 3.63) is 35.5 Å². The minimum atomic E-state index is -0.151. The molecule has 0 spiro atoms. The van der Waals surface area contributed by atoms with Crippen molar-refractivity contribution in [3.63, 3.8) is 0 Å². The van der Waals surface area contributed by atoms with E-state index in [4.69, 9.17) is 4.74 Å². The quantitative estimate of drug-likeness (QED) is 0.687. The van der Waals surface area contributed by atoms with Gasteiger partial charge in [0.1, 0.15) is 18.8 Å². The maximum Gasteiger partial charge on any atom is 0.309 e. The number of methoxy groups -OCH3 is 1. The number of hydrogen-bond acceptors (Lipinski definition) is 2. The minimum Gasteiger partial charge on any atom is -0.469 e. The monoisotopic (exact) mass is 339 g/mol. The lowest BCUT2D eigenvalue weighted by Gasteiger charge is -2.40. The molecule has 25 heavy (non-hydrogen) atoms. The molecule has 4 rings (SSSR count). The van der Waals surface area contributed by atoms with Crippen LogP contribution in [-0.2, 0) is 16.0 Å². The largest absolute Gasteiger partial charge is 0.469 e. The van der Waals surface area contributed by atoms with Crippen LogP contribution in [0.3, 0.4) is 0 Å². The Morgan fingerprint density at radius 2 is 2.16 bits per heavy atom. The fourth-order valence-electron chi connectivity index (χ4n) is 5.14. The number of fused-ring (bicyclic) bond motifs is 4. The van der Waals surface area contributed by atoms with Gasteiger partial charge in [0.15, 0.2) is 0 Å². The SMILES string of the molecule is CC[C@@]1(C(C)C(=O)OC)CCC[N+]2=C1c1[nH]c3ccccc3c1CC2. The summed E-state index contributed by atoms with van der Waals surface area (Å²) >= 11 is 0. The Hall–Kier alpha value is -2.10. The first kappa shape index (κ1) is 16.4. The van der Waals surface area contributed by atoms with Gasteiger partial charge in [-0.05, 0) is 24.5 Å². The molecule has 1 aromatic heterocycles. The molecule has 0 saturated heterocycles. The summed E-state index contributed by atoms with van der Waals surface area (Å²) in [6.07, 6.45) is 4.19. The zero-order valence-electron chi connectivity index (χ0n) is 15.4. The van der Waals surface area contributed by atoms with Crippen molar-refractivity contribution in [2.75, 3.05) is 20.2 Å². The van der Waals surface area contributed by atoms with E-state index in [9.17, 15) is 4.79 Å². The van der Waals surface area contributed by atoms with Gasteiger partial charge < -0.3 is 9.72 Å². The first-order chi connectivity index (χ1) is 12.1. The zero-order valence-corrected chi connectivity index (χ0v) is 15.4. The Morgan fingerprint density at radius 3 is 2.92 bits per heavy atom. The van der Waals surface area contributed by atoms with E-state index < -0.39 is 0 Å². The van der Waals surface area contributed by atoms with Gasteiger partial charge in [0.2, 0.25) is 5.71 Å². The number of hydrogen-bond donors (Lipinski definition) is 1. The molecular weight excluding hydrogens is 312 g/mol. The highest BCUT2D eigenvalue weighted by molar-refractivity contribution is 6.08. The molecule has 2 aromatic rings. The third-order valence-electron chi connectivity index (χ3n) is 6.54. The lowest BCUT2D eigenvalue weighted by atomic mass is 9.64. The second kappa shape index (κ2) is 6.01. The van der Waals surface area contributed by atoms with Gasteiger partial charge in [-0.15, -0.1) is 0 Å². The van der Waals surface area contributed by atoms with E-state index in [2.05, 4.69) is 40.7 Å². The standard InChI is InChI=1S/C21H26N2O2/c1-4-21(14(2)20(24)25-3)11-7-12-23-13-10-16-15-8-5-6-9-17(15)22-18(16)19(21)23/h5-6,8-9,14H,4,7,10-13H2,1-3H3/p+1/t14?,21-/m0/s1. The average molecular weight is 339 g/mol. The van der Waals surface area contributed by atoms with Gasteiger partial charge in [-0.1, -0.05) is 32.0 Å². The van der Waals surface area contributed by atoms with E-state index in [1.165, 1.54) is 35.0 Å². The van der Waals surface area contributed by atoms with E-state index in [1.807, 2.05) is 6.92 Å². The van der Waals surface area contributed by atoms with E-state index in [0.29, 0.717) is 0 Å². The normalized spacial score (nSPS) is 24.0. The molecule has 0 amide bonds. The highest BCUT2D eigenvalue weighted by Gasteiger charge is 2.53. The first-order valence-corrected chi connectivity index (χ1v) is 9.42. The summed E-state index contributed by atoms with van der Waals surface area (Å²) in [5, 5.41) is 1.32. The summed E-state index contributed by atoms with van der Waals surface area (Å²) in [4.78, 5) is 16.2. The topological polar surface area (TPSA) is 45.1 Å². The number of nitrogens with zero attached hydrogens (tertiary/aromatic N) is 1. The molecule has 2 atom stereocenters. The van der Waals surface area contributed by atoms with Crippen LogP contribution in [0.1, 0.15) is 44.4 Å². The van der Waals surface area contributed by atoms with Crippen LogP contribution < -0.4 is 0 Å². The average Bonchev–Trinajstić information content (AvgIpc) is 3.04. The van der Waals surface area contributed by atoms with Crippen LogP contribution in [0.25, 0.3) is 10.9 Å². The number of aromatic nitrogens is 1. The maximum atomic E-state index is 12.5. The zero-order chi connectivity index (χ0) is 17.6. The summed E-state index contributed by atoms with van der Waals surface area (Å²) in [7, 11) is 1.50. The van der Waals surface area contributed by atoms with E-state index >= 15 is 0 Å². The Morgan fingerprint density at radius 1 is 1.36 bits per heavy atom. The molecule has 132 valence electrons. The molecule has 2 aliphatic heterocycles. The Labute approximate surface area is 148 Å². The number of carbonyl (C=O) groups is 1. The number of esters is 1. The van der Waals surface area contributed by atoms with Crippen LogP contribution in [0.2, 0.25) is 0 Å². The summed E-state index contributed by atoms with van der Waals surface area (Å²) in [5.74, 6) is -0.239. The van der Waals surface area contributed by atoms with E-state index in [-0.39, 0.29) is 17.3 Å². The Bertz CT molecular complexity index is 864. The van der Waals surface area contributed by atoms with Crippen molar-refractivity contribution < 1.29 is 14.1 Å². The third kappa shape index (κ3) is 2.26. The highest BCUT2D eigenvalue weighted by atomic mass is 16.5. The van der Waals surface area contributed by atoms with Crippen molar-refractivity contribution in [3.8, 4) is 0 Å². The van der Waals surface area contributed by atoms with Gasteiger partial charge in [-0.3, -0.25) is 4.79 Å². The number of nitrogens with one attached hydrogen (secondary N) is 1. The summed E-state index contributed by atoms with van der Waals surface area (Å²) < 4.78 is 7.66. The van der Waals surface area contributed by atoms with Crippen LogP contribution >= 0.6 is 0 Å². The fraction of sp³-hybridized carbons (Fsp3) is 0.524. The second-order valence-electron chi connectivity index (χ2n) is 7.47. The number of rotatable bonds is 3. The molecule has 0 fully saturated rings. The highest BCUT2D eigenvalue weighted by Crippen LogP contribution is 2.45. The van der Waals surface area contributed by atoms with Gasteiger partial charge in [-0.25, -0.2) is 4.58 Å². The number of ether oxygens (including phenoxy) is 1. The van der Waals surface area contributed by atoms with E-state index in [0.717, 1.165) is 38.8 Å². The molecule has 1 N–H and O–H groups in total. The predicted molar refractivity (Wildman–Crippen MR) is 99.2 cm³/mol. The number of para-hydroxylation sites is 1. The Kier molecular flexibility index (Phi) is 3.94. The van der Waals surface area contributed by atoms with E-state index in [1.54, 1.807) is 0 Å². The third-order valence-corrected chi connectivity index (χ3v) is 6.54. The van der Waals surface area contributed by atoms with Crippen molar-refractivity contribution in [2.45, 2.75) is 39.5 Å². The molecule has 3 heterocycles. The van der Waals surface area contributed by atoms with Crippen LogP contribution in [0, 0.1) is 11.3 Å². The molecule has 4 heteroatoms. The molecule has 4 nitrogen and oxygen atoms in total. The molecule has 1 unspecified atom stereocenters. The van der Waals surface area contributed by atoms with Crippen molar-refractivity contribution in [1.29, 1.82) is 0 Å². The number of aromatic amines is 1. The Balaban J connectivity index is 1.94. The number of H-pyrrole nitrogens is 1. The number of benzene rings is 1. The molecule has 0 aliphatic carbocycles. The van der Waals surface area contributed by atoms with Crippen LogP contribution in [0.4, 0.5) is 0 Å². The summed E-state index contributed by atoms with van der Waals surface area (Å²) in [6.45, 7) is 6.38. The predicted octanol–water partition coefficient (Wildman–Crippen LogP) is 3.52. The van der Waals surface area contributed by atoms with Crippen molar-refractivity contribution in [1.82, 2.24) is 4.98 Å². The lowest BCUT2D eigenvalue weighted by molar-refractivity contribution is -0.538. The lowest BCUT2D eigenvalue weighted by Crippen LogP contribution is -2.51. The molecule has 0 bridgehead atoms. The smallest absolute Gasteiger partial charge is 0.309 e. The molecule has 0 saturated carbocycles. The summed E-state index contributed by atoms with van der Waals surface area (Å²) in [6, 6.07) is 8.55. The van der Waals surface area contributed by atoms with Crippen LogP contribution in [0.5, 0.6) is 0 Å². The second-order valence-corrected chi connectivity index (χ2v) is 7.47. The maximum absolute atomic E-state index is 12.5. The number of carbonyl (C=O) groups excluding carboxylic acids is 1. The van der Waals surface area contributed by atoms with Gasteiger partial charge in [-0.2, -0.15) is 0 Å². The minimum absolute atomic E-state index is 0.0977. The van der Waals surface area contributed by atoms with Gasteiger partial charge in [0.05, 0.1) is 18.4 Å². The van der Waals surface area contributed by atoms with Crippen molar-refractivity contribution in [2.24, 2.45) is 11.3 Å². The van der Waals surface area contributed by atoms with Crippen LogP contribution in [-0.4, -0.2) is 41.4 Å². The molecular formula is C21H27N2O2+. The van der Waals surface area contributed by atoms with Crippen LogP contribution in [0.15, 0.2) is 24.3 Å². The first-order valence-electron chi connectivity index (χ1n) is 9.42. The molecule has 1 aromatic carbocycles. The van der Waals surface area contributed by atoms with Gasteiger partial charge in [0, 0.05) is 23.7 Å². The van der Waals surface area contributed by atoms with Gasteiger partial charge >= 0.3 is 5.97 Å². The molecule has 2 aliphatic rings. The van der Waals surface area contributed by atoms with Gasteiger partial charge in [0.25, 0.3) is 0 Å². The summed E-state index contributed by atoms with van der Waals surface area (Å²) in [5.41, 5.74) is 5.06. The molecule has 0 radical (unpaired) electrons. The fourth-order valence-corrected chi connectivity index (χ4v) is 5.14.